The van der Waals surface area contributed by atoms with Crippen LogP contribution >= 0.6 is 0 Å². The number of ether oxygens (including phenoxy) is 1. The van der Waals surface area contributed by atoms with E-state index in [2.05, 4.69) is 0 Å². The predicted octanol–water partition coefficient (Wildman–Crippen LogP) is 1.53. The highest BCUT2D eigenvalue weighted by molar-refractivity contribution is 5.94. The van der Waals surface area contributed by atoms with Gasteiger partial charge in [0.2, 0.25) is 0 Å². The minimum atomic E-state index is -2.63. The quantitative estimate of drug-likeness (QED) is 0.819. The highest BCUT2D eigenvalue weighted by atomic mass is 19.3. The molecule has 0 saturated carbocycles. The molecule has 0 aliphatic rings. The second kappa shape index (κ2) is 7.81. The van der Waals surface area contributed by atoms with Crippen LogP contribution < -0.4 is 0 Å². The molecule has 0 saturated heterocycles. The Bertz CT molecular complexity index is 413. The molecule has 1 aromatic carbocycles. The lowest BCUT2D eigenvalue weighted by Gasteiger charge is -2.21. The van der Waals surface area contributed by atoms with E-state index in [0.717, 1.165) is 10.5 Å². The molecule has 0 fully saturated rings. The molecule has 0 radical (unpaired) electrons. The van der Waals surface area contributed by atoms with E-state index in [1.807, 2.05) is 0 Å². The lowest BCUT2D eigenvalue weighted by molar-refractivity contribution is 0.0509. The van der Waals surface area contributed by atoms with Crippen molar-refractivity contribution in [3.63, 3.8) is 0 Å². The van der Waals surface area contributed by atoms with Crippen LogP contribution in [0.4, 0.5) is 8.78 Å². The first-order valence-electron chi connectivity index (χ1n) is 5.84. The minimum absolute atomic E-state index is 0.113. The van der Waals surface area contributed by atoms with E-state index in [0.29, 0.717) is 12.2 Å². The molecule has 0 atom stereocenters. The standard InChI is InChI=1S/C13H17F2NO3/c1-19-9-10-3-2-4-11(7-10)13(18)16(5-6-17)8-12(14)15/h2-4,7,12,17H,5-6,8-9H2,1H3. The highest BCUT2D eigenvalue weighted by Crippen LogP contribution is 2.11. The van der Waals surface area contributed by atoms with Crippen molar-refractivity contribution in [3.05, 3.63) is 35.4 Å². The maximum Gasteiger partial charge on any atom is 0.255 e. The first-order chi connectivity index (χ1) is 9.08. The summed E-state index contributed by atoms with van der Waals surface area (Å²) in [5.41, 5.74) is 1.10. The molecular weight excluding hydrogens is 256 g/mol. The summed E-state index contributed by atoms with van der Waals surface area (Å²) >= 11 is 0. The Morgan fingerprint density at radius 3 is 2.79 bits per heavy atom. The number of rotatable bonds is 7. The van der Waals surface area contributed by atoms with E-state index in [9.17, 15) is 13.6 Å². The third-order valence-electron chi connectivity index (χ3n) is 2.50. The number of benzene rings is 1. The number of carbonyl (C=O) groups is 1. The van der Waals surface area contributed by atoms with Crippen LogP contribution in [-0.2, 0) is 11.3 Å². The summed E-state index contributed by atoms with van der Waals surface area (Å²) in [6, 6.07) is 6.60. The number of alkyl halides is 2. The molecule has 1 aromatic rings. The number of aliphatic hydroxyl groups excluding tert-OH is 1. The topological polar surface area (TPSA) is 49.8 Å². The zero-order valence-corrected chi connectivity index (χ0v) is 10.7. The van der Waals surface area contributed by atoms with E-state index in [4.69, 9.17) is 9.84 Å². The molecule has 0 bridgehead atoms. The minimum Gasteiger partial charge on any atom is -0.395 e. The maximum atomic E-state index is 12.4. The molecule has 1 N–H and O–H groups in total. The molecule has 0 heterocycles. The fourth-order valence-electron chi connectivity index (χ4n) is 1.71. The van der Waals surface area contributed by atoms with Gasteiger partial charge in [-0.15, -0.1) is 0 Å². The van der Waals surface area contributed by atoms with Gasteiger partial charge in [-0.1, -0.05) is 12.1 Å². The first-order valence-corrected chi connectivity index (χ1v) is 5.84. The Labute approximate surface area is 110 Å². The largest absolute Gasteiger partial charge is 0.395 e. The molecule has 106 valence electrons. The zero-order valence-electron chi connectivity index (χ0n) is 10.7. The van der Waals surface area contributed by atoms with E-state index in [-0.39, 0.29) is 13.2 Å². The van der Waals surface area contributed by atoms with Gasteiger partial charge in [0.05, 0.1) is 19.8 Å². The van der Waals surface area contributed by atoms with Gasteiger partial charge in [0, 0.05) is 19.2 Å². The summed E-state index contributed by atoms with van der Waals surface area (Å²) in [7, 11) is 1.53. The fourth-order valence-corrected chi connectivity index (χ4v) is 1.71. The van der Waals surface area contributed by atoms with E-state index in [1.165, 1.54) is 7.11 Å². The number of hydrogen-bond donors (Lipinski definition) is 1. The Morgan fingerprint density at radius 1 is 1.47 bits per heavy atom. The number of hydrogen-bond acceptors (Lipinski definition) is 3. The van der Waals surface area contributed by atoms with E-state index < -0.39 is 18.9 Å². The van der Waals surface area contributed by atoms with Gasteiger partial charge in [0.1, 0.15) is 0 Å². The van der Waals surface area contributed by atoms with Crippen molar-refractivity contribution in [1.82, 2.24) is 4.90 Å². The van der Waals surface area contributed by atoms with Crippen molar-refractivity contribution < 1.29 is 23.4 Å². The van der Waals surface area contributed by atoms with Crippen LogP contribution in [0.15, 0.2) is 24.3 Å². The van der Waals surface area contributed by atoms with Crippen LogP contribution in [0.3, 0.4) is 0 Å². The summed E-state index contributed by atoms with van der Waals surface area (Å²) in [5.74, 6) is -0.521. The van der Waals surface area contributed by atoms with Gasteiger partial charge in [0.15, 0.2) is 0 Å². The van der Waals surface area contributed by atoms with Gasteiger partial charge >= 0.3 is 0 Å². The summed E-state index contributed by atoms with van der Waals surface area (Å²) in [6.45, 7) is -0.808. The van der Waals surface area contributed by atoms with Crippen molar-refractivity contribution in [2.45, 2.75) is 13.0 Å². The van der Waals surface area contributed by atoms with Crippen molar-refractivity contribution in [2.24, 2.45) is 0 Å². The van der Waals surface area contributed by atoms with E-state index >= 15 is 0 Å². The Balaban J connectivity index is 2.85. The van der Waals surface area contributed by atoms with Crippen LogP contribution in [0.1, 0.15) is 15.9 Å². The lowest BCUT2D eigenvalue weighted by Crippen LogP contribution is -2.37. The molecular formula is C13H17F2NO3. The molecule has 4 nitrogen and oxygen atoms in total. The number of carbonyl (C=O) groups excluding carboxylic acids is 1. The lowest BCUT2D eigenvalue weighted by atomic mass is 10.1. The van der Waals surface area contributed by atoms with Crippen molar-refractivity contribution in [3.8, 4) is 0 Å². The average molecular weight is 273 g/mol. The van der Waals surface area contributed by atoms with Crippen LogP contribution in [0.5, 0.6) is 0 Å². The highest BCUT2D eigenvalue weighted by Gasteiger charge is 2.19. The van der Waals surface area contributed by atoms with Crippen molar-refractivity contribution >= 4 is 5.91 Å². The molecule has 19 heavy (non-hydrogen) atoms. The zero-order chi connectivity index (χ0) is 14.3. The van der Waals surface area contributed by atoms with Gasteiger partial charge < -0.3 is 14.7 Å². The Morgan fingerprint density at radius 2 is 2.21 bits per heavy atom. The number of nitrogens with zero attached hydrogens (tertiary/aromatic N) is 1. The Kier molecular flexibility index (Phi) is 6.38. The number of methoxy groups -OCH3 is 1. The number of amides is 1. The molecule has 1 rings (SSSR count). The van der Waals surface area contributed by atoms with E-state index in [1.54, 1.807) is 24.3 Å². The Hall–Kier alpha value is -1.53. The molecule has 0 spiro atoms. The maximum absolute atomic E-state index is 12.4. The third kappa shape index (κ3) is 4.92. The SMILES string of the molecule is COCc1cccc(C(=O)N(CCO)CC(F)F)c1. The number of aliphatic hydroxyl groups is 1. The third-order valence-corrected chi connectivity index (χ3v) is 2.50. The van der Waals surface area contributed by atoms with Crippen molar-refractivity contribution in [2.75, 3.05) is 26.8 Å². The van der Waals surface area contributed by atoms with Crippen molar-refractivity contribution in [1.29, 1.82) is 0 Å². The summed E-state index contributed by atoms with van der Waals surface area (Å²) in [5, 5.41) is 8.83. The molecule has 0 aromatic heterocycles. The van der Waals surface area contributed by atoms with Gasteiger partial charge in [0.25, 0.3) is 12.3 Å². The second-order valence-electron chi connectivity index (χ2n) is 4.00. The van der Waals surface area contributed by atoms with Crippen LogP contribution in [0.2, 0.25) is 0 Å². The first kappa shape index (κ1) is 15.5. The predicted molar refractivity (Wildman–Crippen MR) is 66.1 cm³/mol. The van der Waals surface area contributed by atoms with Gasteiger partial charge in [-0.05, 0) is 17.7 Å². The van der Waals surface area contributed by atoms with Gasteiger partial charge in [-0.2, -0.15) is 0 Å². The molecule has 0 aliphatic carbocycles. The normalized spacial score (nSPS) is 10.8. The number of halogens is 2. The van der Waals surface area contributed by atoms with Crippen LogP contribution in [0.25, 0.3) is 0 Å². The fraction of sp³-hybridized carbons (Fsp3) is 0.462. The summed E-state index contributed by atoms with van der Waals surface area (Å²) in [4.78, 5) is 13.0. The van der Waals surface area contributed by atoms with Crippen LogP contribution in [0, 0.1) is 0 Å². The van der Waals surface area contributed by atoms with Gasteiger partial charge in [-0.25, -0.2) is 8.78 Å². The second-order valence-corrected chi connectivity index (χ2v) is 4.00. The summed E-state index contributed by atoms with van der Waals surface area (Å²) < 4.78 is 29.7. The van der Waals surface area contributed by atoms with Crippen LogP contribution in [-0.4, -0.2) is 49.1 Å². The molecule has 1 amide bonds. The smallest absolute Gasteiger partial charge is 0.255 e. The monoisotopic (exact) mass is 273 g/mol. The van der Waals surface area contributed by atoms with Gasteiger partial charge in [-0.3, -0.25) is 4.79 Å². The molecule has 0 unspecified atom stereocenters. The average Bonchev–Trinajstić information content (AvgIpc) is 2.37. The summed E-state index contributed by atoms with van der Waals surface area (Å²) in [6.07, 6.45) is -2.63. The molecule has 0 aliphatic heterocycles. The molecule has 6 heteroatoms.